The minimum absolute atomic E-state index is 0.115. The van der Waals surface area contributed by atoms with E-state index in [1.54, 1.807) is 11.3 Å². The number of anilines is 2. The van der Waals surface area contributed by atoms with Gasteiger partial charge in [0.2, 0.25) is 5.91 Å². The lowest BCUT2D eigenvalue weighted by molar-refractivity contribution is -0.117. The van der Waals surface area contributed by atoms with Crippen molar-refractivity contribution in [1.29, 1.82) is 0 Å². The molecule has 2 aliphatic rings. The molecule has 0 bridgehead atoms. The van der Waals surface area contributed by atoms with Gasteiger partial charge in [0.1, 0.15) is 0 Å². The van der Waals surface area contributed by atoms with Gasteiger partial charge >= 0.3 is 0 Å². The number of nitrogens with zero attached hydrogens (tertiary/aromatic N) is 4. The first-order valence-corrected chi connectivity index (χ1v) is 12.2. The van der Waals surface area contributed by atoms with Gasteiger partial charge in [0.15, 0.2) is 5.82 Å². The molecule has 3 aromatic heterocycles. The number of morpholine rings is 1. The van der Waals surface area contributed by atoms with Gasteiger partial charge in [-0.3, -0.25) is 4.79 Å². The lowest BCUT2D eigenvalue weighted by Crippen LogP contribution is -2.36. The summed E-state index contributed by atoms with van der Waals surface area (Å²) in [6.45, 7) is 5.15. The van der Waals surface area contributed by atoms with Crippen molar-refractivity contribution in [2.24, 2.45) is 5.92 Å². The molecule has 4 aromatic rings. The van der Waals surface area contributed by atoms with E-state index in [2.05, 4.69) is 41.4 Å². The minimum atomic E-state index is 0.115. The summed E-state index contributed by atoms with van der Waals surface area (Å²) < 4.78 is 8.49. The van der Waals surface area contributed by atoms with Crippen molar-refractivity contribution < 1.29 is 9.53 Å². The molecular formula is C25H25N5O2S. The summed E-state index contributed by atoms with van der Waals surface area (Å²) in [6.07, 6.45) is 3.93. The molecule has 0 radical (unpaired) electrons. The van der Waals surface area contributed by atoms with E-state index < -0.39 is 0 Å². The number of carbonyl (C=O) groups is 1. The van der Waals surface area contributed by atoms with Crippen molar-refractivity contribution in [3.05, 3.63) is 54.2 Å². The number of hydrogen-bond acceptors (Lipinski definition) is 6. The largest absolute Gasteiger partial charge is 0.378 e. The van der Waals surface area contributed by atoms with Gasteiger partial charge in [0.05, 0.1) is 39.8 Å². The maximum atomic E-state index is 12.3. The van der Waals surface area contributed by atoms with Gasteiger partial charge in [-0.2, -0.15) is 5.10 Å². The fourth-order valence-corrected chi connectivity index (χ4v) is 5.23. The van der Waals surface area contributed by atoms with Crippen LogP contribution in [0.3, 0.4) is 0 Å². The van der Waals surface area contributed by atoms with Gasteiger partial charge in [-0.05, 0) is 38.0 Å². The van der Waals surface area contributed by atoms with Crippen molar-refractivity contribution in [2.45, 2.75) is 19.8 Å². The van der Waals surface area contributed by atoms with Crippen LogP contribution < -0.4 is 10.2 Å². The van der Waals surface area contributed by atoms with Crippen LogP contribution in [-0.2, 0) is 9.53 Å². The zero-order valence-electron chi connectivity index (χ0n) is 18.5. The summed E-state index contributed by atoms with van der Waals surface area (Å²) in [4.78, 5) is 19.6. The van der Waals surface area contributed by atoms with Crippen LogP contribution in [0.5, 0.6) is 0 Å². The van der Waals surface area contributed by atoms with Crippen LogP contribution in [0.1, 0.15) is 18.4 Å². The van der Waals surface area contributed by atoms with E-state index in [0.717, 1.165) is 63.9 Å². The quantitative estimate of drug-likeness (QED) is 0.471. The second kappa shape index (κ2) is 8.28. The average Bonchev–Trinajstić information content (AvgIpc) is 3.43. The number of benzene rings is 1. The normalized spacial score (nSPS) is 16.3. The van der Waals surface area contributed by atoms with Crippen molar-refractivity contribution in [1.82, 2.24) is 14.8 Å². The van der Waals surface area contributed by atoms with E-state index in [1.165, 1.54) is 5.56 Å². The first kappa shape index (κ1) is 20.4. The predicted octanol–water partition coefficient (Wildman–Crippen LogP) is 4.64. The van der Waals surface area contributed by atoms with Crippen LogP contribution in [0.25, 0.3) is 27.3 Å². The number of aromatic nitrogens is 3. The lowest BCUT2D eigenvalue weighted by atomic mass is 10.1. The molecule has 2 fully saturated rings. The molecule has 6 rings (SSSR count). The third-order valence-corrected chi connectivity index (χ3v) is 7.19. The topological polar surface area (TPSA) is 72.3 Å². The molecule has 1 aliphatic heterocycles. The summed E-state index contributed by atoms with van der Waals surface area (Å²) in [6, 6.07) is 14.4. The maximum absolute atomic E-state index is 12.3. The Balaban J connectivity index is 1.40. The summed E-state index contributed by atoms with van der Waals surface area (Å²) >= 11 is 1.59. The highest BCUT2D eigenvalue weighted by Gasteiger charge is 2.30. The van der Waals surface area contributed by atoms with Crippen LogP contribution in [-0.4, -0.2) is 47.0 Å². The summed E-state index contributed by atoms with van der Waals surface area (Å²) in [5.41, 5.74) is 5.19. The van der Waals surface area contributed by atoms with Gasteiger partial charge in [-0.15, -0.1) is 11.3 Å². The number of amides is 1. The average molecular weight is 460 g/mol. The van der Waals surface area contributed by atoms with E-state index in [-0.39, 0.29) is 11.8 Å². The molecule has 0 atom stereocenters. The number of fused-ring (bicyclic) bond motifs is 1. The Bertz CT molecular complexity index is 1330. The van der Waals surface area contributed by atoms with Crippen LogP contribution in [0.15, 0.2) is 48.7 Å². The van der Waals surface area contributed by atoms with Crippen molar-refractivity contribution in [3.8, 4) is 17.1 Å². The lowest BCUT2D eigenvalue weighted by Gasteiger charge is -2.29. The standard InChI is InChI=1S/C25H25N5O2S/c1-16-3-2-4-18(13-16)19-7-8-30(28-19)22-15-21(29-9-11-32-12-10-29)24-20(26-22)14-23(33-24)27-25(31)17-5-6-17/h2-4,7-8,13-15,17H,5-6,9-12H2,1H3,(H,27,31). The fourth-order valence-electron chi connectivity index (χ4n) is 4.19. The number of pyridine rings is 1. The molecule has 0 unspecified atom stereocenters. The number of rotatable bonds is 5. The number of aryl methyl sites for hydroxylation is 1. The molecule has 1 N–H and O–H groups in total. The van der Waals surface area contributed by atoms with Crippen LogP contribution in [0, 0.1) is 12.8 Å². The minimum Gasteiger partial charge on any atom is -0.378 e. The Kier molecular flexibility index (Phi) is 5.11. The summed E-state index contributed by atoms with van der Waals surface area (Å²) in [5.74, 6) is 1.05. The third kappa shape index (κ3) is 4.12. The zero-order chi connectivity index (χ0) is 22.4. The Morgan fingerprint density at radius 3 is 2.79 bits per heavy atom. The van der Waals surface area contributed by atoms with E-state index in [9.17, 15) is 4.79 Å². The summed E-state index contributed by atoms with van der Waals surface area (Å²) in [7, 11) is 0. The molecule has 33 heavy (non-hydrogen) atoms. The molecule has 8 heteroatoms. The van der Waals surface area contributed by atoms with Crippen molar-refractivity contribution in [2.75, 3.05) is 36.5 Å². The molecule has 1 saturated carbocycles. The fraction of sp³-hybridized carbons (Fsp3) is 0.320. The number of ether oxygens (including phenoxy) is 1. The molecular weight excluding hydrogens is 434 g/mol. The van der Waals surface area contributed by atoms with E-state index >= 15 is 0 Å². The predicted molar refractivity (Wildman–Crippen MR) is 131 cm³/mol. The highest BCUT2D eigenvalue weighted by atomic mass is 32.1. The molecule has 1 aliphatic carbocycles. The van der Waals surface area contributed by atoms with E-state index in [1.807, 2.05) is 29.1 Å². The number of carbonyl (C=O) groups excluding carboxylic acids is 1. The Labute approximate surface area is 196 Å². The highest BCUT2D eigenvalue weighted by Crippen LogP contribution is 2.39. The Morgan fingerprint density at radius 1 is 1.15 bits per heavy atom. The smallest absolute Gasteiger partial charge is 0.228 e. The van der Waals surface area contributed by atoms with Gasteiger partial charge in [0.25, 0.3) is 0 Å². The first-order chi connectivity index (χ1) is 16.1. The van der Waals surface area contributed by atoms with Crippen molar-refractivity contribution in [3.63, 3.8) is 0 Å². The van der Waals surface area contributed by atoms with Crippen LogP contribution >= 0.6 is 11.3 Å². The molecule has 1 aromatic carbocycles. The molecule has 4 heterocycles. The SMILES string of the molecule is Cc1cccc(-c2ccn(-c3cc(N4CCOCC4)c4sc(NC(=O)C5CC5)cc4n3)n2)c1. The third-order valence-electron chi connectivity index (χ3n) is 6.13. The second-order valence-corrected chi connectivity index (χ2v) is 9.75. The first-order valence-electron chi connectivity index (χ1n) is 11.4. The Hall–Kier alpha value is -3.23. The zero-order valence-corrected chi connectivity index (χ0v) is 19.3. The van der Waals surface area contributed by atoms with E-state index in [4.69, 9.17) is 14.8 Å². The van der Waals surface area contributed by atoms with Crippen LogP contribution in [0.2, 0.25) is 0 Å². The molecule has 168 valence electrons. The van der Waals surface area contributed by atoms with Crippen molar-refractivity contribution >= 4 is 38.1 Å². The van der Waals surface area contributed by atoms with Crippen LogP contribution in [0.4, 0.5) is 10.7 Å². The Morgan fingerprint density at radius 2 is 2.00 bits per heavy atom. The summed E-state index contributed by atoms with van der Waals surface area (Å²) in [5, 5.41) is 8.75. The molecule has 1 amide bonds. The van der Waals surface area contributed by atoms with E-state index in [0.29, 0.717) is 13.2 Å². The maximum Gasteiger partial charge on any atom is 0.228 e. The highest BCUT2D eigenvalue weighted by molar-refractivity contribution is 7.23. The number of thiophene rings is 1. The molecule has 1 saturated heterocycles. The molecule has 0 spiro atoms. The van der Waals surface area contributed by atoms with Gasteiger partial charge < -0.3 is 15.0 Å². The monoisotopic (exact) mass is 459 g/mol. The number of nitrogens with one attached hydrogen (secondary N) is 1. The van der Waals surface area contributed by atoms with Gasteiger partial charge in [-0.1, -0.05) is 23.8 Å². The van der Waals surface area contributed by atoms with Gasteiger partial charge in [0, 0.05) is 36.8 Å². The molecule has 7 nitrogen and oxygen atoms in total. The van der Waals surface area contributed by atoms with Gasteiger partial charge in [-0.25, -0.2) is 9.67 Å². The second-order valence-electron chi connectivity index (χ2n) is 8.70. The number of hydrogen-bond donors (Lipinski definition) is 1.